The minimum absolute atomic E-state index is 0.0836. The van der Waals surface area contributed by atoms with Gasteiger partial charge < -0.3 is 4.74 Å². The fourth-order valence-electron chi connectivity index (χ4n) is 2.57. The molecular formula is C16H19NO3S. The summed E-state index contributed by atoms with van der Waals surface area (Å²) in [7, 11) is -3.48. The first kappa shape index (κ1) is 14.4. The van der Waals surface area contributed by atoms with Crippen molar-refractivity contribution in [2.45, 2.75) is 37.1 Å². The highest BCUT2D eigenvalue weighted by atomic mass is 32.2. The van der Waals surface area contributed by atoms with Gasteiger partial charge in [0.15, 0.2) is 0 Å². The van der Waals surface area contributed by atoms with E-state index in [4.69, 9.17) is 4.74 Å². The molecule has 21 heavy (non-hydrogen) atoms. The number of ether oxygens (including phenoxy) is 1. The Morgan fingerprint density at radius 2 is 1.86 bits per heavy atom. The van der Waals surface area contributed by atoms with Crippen LogP contribution < -0.4 is 9.46 Å². The Morgan fingerprint density at radius 1 is 1.14 bits per heavy atom. The molecule has 0 heterocycles. The summed E-state index contributed by atoms with van der Waals surface area (Å²) in [6.45, 7) is 2.47. The Bertz CT molecular complexity index is 751. The summed E-state index contributed by atoms with van der Waals surface area (Å²) in [5.74, 6) is 0.718. The van der Waals surface area contributed by atoms with Crippen LogP contribution >= 0.6 is 0 Å². The number of nitrogens with one attached hydrogen (secondary N) is 1. The monoisotopic (exact) mass is 305 g/mol. The fraction of sp³-hybridized carbons (Fsp3) is 0.375. The first-order valence-electron chi connectivity index (χ1n) is 7.28. The molecule has 1 aliphatic rings. The standard InChI is InChI=1S/C16H19NO3S/c1-2-20-15-10-11-16(14-9-4-3-8-13(14)15)21(18,19)17-12-6-5-7-12/h3-4,8-12,17H,2,5-7H2,1H3. The van der Waals surface area contributed by atoms with Gasteiger partial charge in [-0.25, -0.2) is 13.1 Å². The molecule has 1 N–H and O–H groups in total. The second kappa shape index (κ2) is 5.66. The molecule has 1 aliphatic carbocycles. The van der Waals surface area contributed by atoms with E-state index in [0.29, 0.717) is 16.9 Å². The third-order valence-corrected chi connectivity index (χ3v) is 5.44. The maximum Gasteiger partial charge on any atom is 0.241 e. The average molecular weight is 305 g/mol. The van der Waals surface area contributed by atoms with Crippen LogP contribution in [0.3, 0.4) is 0 Å². The van der Waals surface area contributed by atoms with Crippen LogP contribution in [0.5, 0.6) is 5.75 Å². The molecule has 0 aliphatic heterocycles. The summed E-state index contributed by atoms with van der Waals surface area (Å²) in [6.07, 6.45) is 2.94. The molecular weight excluding hydrogens is 286 g/mol. The van der Waals surface area contributed by atoms with Gasteiger partial charge in [-0.05, 0) is 31.9 Å². The quantitative estimate of drug-likeness (QED) is 0.923. The van der Waals surface area contributed by atoms with E-state index in [2.05, 4.69) is 4.72 Å². The zero-order valence-electron chi connectivity index (χ0n) is 12.0. The number of hydrogen-bond donors (Lipinski definition) is 1. The molecule has 1 fully saturated rings. The number of benzene rings is 2. The first-order valence-corrected chi connectivity index (χ1v) is 8.77. The van der Waals surface area contributed by atoms with Crippen molar-refractivity contribution in [2.24, 2.45) is 0 Å². The molecule has 0 spiro atoms. The van der Waals surface area contributed by atoms with Crippen LogP contribution in [0.15, 0.2) is 41.3 Å². The fourth-order valence-corrected chi connectivity index (χ4v) is 4.08. The lowest BCUT2D eigenvalue weighted by atomic mass is 9.94. The Hall–Kier alpha value is -1.59. The lowest BCUT2D eigenvalue weighted by molar-refractivity contribution is 0.344. The topological polar surface area (TPSA) is 55.4 Å². The third kappa shape index (κ3) is 2.76. The number of rotatable bonds is 5. The largest absolute Gasteiger partial charge is 0.493 e. The number of fused-ring (bicyclic) bond motifs is 1. The molecule has 4 nitrogen and oxygen atoms in total. The molecule has 0 radical (unpaired) electrons. The number of sulfonamides is 1. The van der Waals surface area contributed by atoms with Crippen LogP contribution in [0, 0.1) is 0 Å². The Kier molecular flexibility index (Phi) is 3.87. The second-order valence-corrected chi connectivity index (χ2v) is 6.97. The highest BCUT2D eigenvalue weighted by Crippen LogP contribution is 2.32. The van der Waals surface area contributed by atoms with Crippen molar-refractivity contribution in [1.29, 1.82) is 0 Å². The van der Waals surface area contributed by atoms with Gasteiger partial charge in [0.2, 0.25) is 10.0 Å². The van der Waals surface area contributed by atoms with E-state index in [1.54, 1.807) is 12.1 Å². The summed E-state index contributed by atoms with van der Waals surface area (Å²) in [5, 5.41) is 1.53. The van der Waals surface area contributed by atoms with Gasteiger partial charge in [0.1, 0.15) is 5.75 Å². The van der Waals surface area contributed by atoms with Gasteiger partial charge in [-0.2, -0.15) is 0 Å². The van der Waals surface area contributed by atoms with Gasteiger partial charge in [-0.15, -0.1) is 0 Å². The lowest BCUT2D eigenvalue weighted by Gasteiger charge is -2.26. The molecule has 0 amide bonds. The Morgan fingerprint density at radius 3 is 2.48 bits per heavy atom. The van der Waals surface area contributed by atoms with E-state index in [-0.39, 0.29) is 6.04 Å². The van der Waals surface area contributed by atoms with E-state index in [1.165, 1.54) is 0 Å². The Balaban J connectivity index is 2.08. The molecule has 0 bridgehead atoms. The summed E-state index contributed by atoms with van der Waals surface area (Å²) >= 11 is 0. The zero-order chi connectivity index (χ0) is 14.9. The summed E-state index contributed by atoms with van der Waals surface area (Å²) in [5.41, 5.74) is 0. The van der Waals surface area contributed by atoms with E-state index >= 15 is 0 Å². The molecule has 112 valence electrons. The van der Waals surface area contributed by atoms with Crippen molar-refractivity contribution in [2.75, 3.05) is 6.61 Å². The smallest absolute Gasteiger partial charge is 0.241 e. The molecule has 1 saturated carbocycles. The Labute approximate surface area is 125 Å². The van der Waals surface area contributed by atoms with Crippen LogP contribution in [0.1, 0.15) is 26.2 Å². The van der Waals surface area contributed by atoms with Gasteiger partial charge in [0.25, 0.3) is 0 Å². The lowest BCUT2D eigenvalue weighted by Crippen LogP contribution is -2.39. The zero-order valence-corrected chi connectivity index (χ0v) is 12.8. The third-order valence-electron chi connectivity index (χ3n) is 3.86. The van der Waals surface area contributed by atoms with Gasteiger partial charge >= 0.3 is 0 Å². The molecule has 5 heteroatoms. The summed E-state index contributed by atoms with van der Waals surface area (Å²) < 4.78 is 33.5. The van der Waals surface area contributed by atoms with Crippen LogP contribution in [0.4, 0.5) is 0 Å². The van der Waals surface area contributed by atoms with Crippen LogP contribution in [0.2, 0.25) is 0 Å². The van der Waals surface area contributed by atoms with Gasteiger partial charge in [-0.3, -0.25) is 0 Å². The second-order valence-electron chi connectivity index (χ2n) is 5.29. The van der Waals surface area contributed by atoms with Gasteiger partial charge in [0.05, 0.1) is 11.5 Å². The van der Waals surface area contributed by atoms with Crippen molar-refractivity contribution >= 4 is 20.8 Å². The molecule has 0 unspecified atom stereocenters. The van der Waals surface area contributed by atoms with Gasteiger partial charge in [0, 0.05) is 16.8 Å². The first-order chi connectivity index (χ1) is 10.1. The van der Waals surface area contributed by atoms with Crippen LogP contribution in [-0.2, 0) is 10.0 Å². The molecule has 0 aromatic heterocycles. The molecule has 3 rings (SSSR count). The van der Waals surface area contributed by atoms with Crippen molar-refractivity contribution in [3.05, 3.63) is 36.4 Å². The average Bonchev–Trinajstić information content (AvgIpc) is 2.43. The molecule has 2 aromatic rings. The van der Waals surface area contributed by atoms with Crippen molar-refractivity contribution < 1.29 is 13.2 Å². The normalized spacial score (nSPS) is 15.9. The molecule has 2 aromatic carbocycles. The minimum atomic E-state index is -3.48. The highest BCUT2D eigenvalue weighted by molar-refractivity contribution is 7.89. The van der Waals surface area contributed by atoms with Crippen LogP contribution in [-0.4, -0.2) is 21.1 Å². The number of hydrogen-bond acceptors (Lipinski definition) is 3. The van der Waals surface area contributed by atoms with Crippen molar-refractivity contribution in [3.63, 3.8) is 0 Å². The maximum absolute atomic E-state index is 12.6. The molecule has 0 saturated heterocycles. The minimum Gasteiger partial charge on any atom is -0.493 e. The van der Waals surface area contributed by atoms with Crippen molar-refractivity contribution in [1.82, 2.24) is 4.72 Å². The highest BCUT2D eigenvalue weighted by Gasteiger charge is 2.26. The summed E-state index contributed by atoms with van der Waals surface area (Å²) in [4.78, 5) is 0.327. The predicted octanol–water partition coefficient (Wildman–Crippen LogP) is 3.07. The van der Waals surface area contributed by atoms with Gasteiger partial charge in [-0.1, -0.05) is 30.7 Å². The van der Waals surface area contributed by atoms with Crippen LogP contribution in [0.25, 0.3) is 10.8 Å². The van der Waals surface area contributed by atoms with E-state index in [1.807, 2.05) is 31.2 Å². The van der Waals surface area contributed by atoms with E-state index < -0.39 is 10.0 Å². The van der Waals surface area contributed by atoms with Crippen molar-refractivity contribution in [3.8, 4) is 5.75 Å². The maximum atomic E-state index is 12.6. The van der Waals surface area contributed by atoms with E-state index in [0.717, 1.165) is 30.4 Å². The predicted molar refractivity (Wildman–Crippen MR) is 83.1 cm³/mol. The SMILES string of the molecule is CCOc1ccc(S(=O)(=O)NC2CCC2)c2ccccc12. The molecule has 0 atom stereocenters. The summed E-state index contributed by atoms with van der Waals surface area (Å²) in [6, 6.07) is 10.9. The van der Waals surface area contributed by atoms with E-state index in [9.17, 15) is 8.42 Å².